The Balaban J connectivity index is 1.77. The van der Waals surface area contributed by atoms with E-state index >= 15 is 0 Å². The molecule has 5 heteroatoms. The van der Waals surface area contributed by atoms with Gasteiger partial charge in [0.1, 0.15) is 12.2 Å². The van der Waals surface area contributed by atoms with Crippen LogP contribution >= 0.6 is 0 Å². The standard InChI is InChI=1S/C13H19N5/c1-11(2)18-13(16-10-17-18)9-15-7-5-12-4-3-6-14-8-12/h3-4,6,8,10-11,15H,5,7,9H2,1-2H3. The molecule has 0 bridgehead atoms. The van der Waals surface area contributed by atoms with Gasteiger partial charge in [-0.3, -0.25) is 4.98 Å². The van der Waals surface area contributed by atoms with Gasteiger partial charge in [-0.05, 0) is 38.4 Å². The van der Waals surface area contributed by atoms with Gasteiger partial charge < -0.3 is 5.32 Å². The van der Waals surface area contributed by atoms with E-state index in [-0.39, 0.29) is 0 Å². The summed E-state index contributed by atoms with van der Waals surface area (Å²) in [5.74, 6) is 0.983. The lowest BCUT2D eigenvalue weighted by molar-refractivity contribution is 0.490. The van der Waals surface area contributed by atoms with Crippen LogP contribution in [-0.4, -0.2) is 26.3 Å². The Bertz CT molecular complexity index is 463. The Hall–Kier alpha value is -1.75. The van der Waals surface area contributed by atoms with E-state index in [2.05, 4.69) is 40.3 Å². The minimum atomic E-state index is 0.350. The average Bonchev–Trinajstić information content (AvgIpc) is 2.84. The molecule has 0 aliphatic rings. The number of rotatable bonds is 6. The molecule has 5 nitrogen and oxygen atoms in total. The van der Waals surface area contributed by atoms with Crippen LogP contribution in [0.15, 0.2) is 30.9 Å². The lowest BCUT2D eigenvalue weighted by Gasteiger charge is -2.09. The highest BCUT2D eigenvalue weighted by Crippen LogP contribution is 2.04. The molecular weight excluding hydrogens is 226 g/mol. The maximum atomic E-state index is 4.26. The summed E-state index contributed by atoms with van der Waals surface area (Å²) in [6, 6.07) is 4.40. The van der Waals surface area contributed by atoms with Gasteiger partial charge in [0.15, 0.2) is 0 Å². The van der Waals surface area contributed by atoms with Crippen molar-refractivity contribution in [1.82, 2.24) is 25.1 Å². The number of nitrogens with one attached hydrogen (secondary N) is 1. The third kappa shape index (κ3) is 3.37. The average molecular weight is 245 g/mol. The molecule has 0 fully saturated rings. The third-order valence-corrected chi connectivity index (χ3v) is 2.73. The molecule has 0 aromatic carbocycles. The maximum absolute atomic E-state index is 4.26. The van der Waals surface area contributed by atoms with Crippen molar-refractivity contribution in [3.8, 4) is 0 Å². The molecule has 2 aromatic rings. The minimum Gasteiger partial charge on any atom is -0.310 e. The Morgan fingerprint density at radius 1 is 1.39 bits per heavy atom. The summed E-state index contributed by atoms with van der Waals surface area (Å²) < 4.78 is 1.94. The zero-order valence-electron chi connectivity index (χ0n) is 10.9. The molecule has 0 saturated heterocycles. The number of nitrogens with zero attached hydrogens (tertiary/aromatic N) is 4. The monoisotopic (exact) mass is 245 g/mol. The number of hydrogen-bond donors (Lipinski definition) is 1. The molecule has 2 rings (SSSR count). The summed E-state index contributed by atoms with van der Waals surface area (Å²) >= 11 is 0. The molecule has 2 aromatic heterocycles. The second-order valence-corrected chi connectivity index (χ2v) is 4.50. The molecule has 2 heterocycles. The van der Waals surface area contributed by atoms with Gasteiger partial charge in [0.25, 0.3) is 0 Å². The number of pyridine rings is 1. The number of aromatic nitrogens is 4. The summed E-state index contributed by atoms with van der Waals surface area (Å²) in [4.78, 5) is 8.36. The number of hydrogen-bond acceptors (Lipinski definition) is 4. The largest absolute Gasteiger partial charge is 0.310 e. The van der Waals surface area contributed by atoms with Gasteiger partial charge in [-0.25, -0.2) is 9.67 Å². The highest BCUT2D eigenvalue weighted by molar-refractivity contribution is 5.08. The van der Waals surface area contributed by atoms with Crippen LogP contribution in [0.2, 0.25) is 0 Å². The Labute approximate surface area is 107 Å². The summed E-state index contributed by atoms with van der Waals surface area (Å²) in [6.45, 7) is 5.87. The predicted molar refractivity (Wildman–Crippen MR) is 70.1 cm³/mol. The van der Waals surface area contributed by atoms with Crippen molar-refractivity contribution in [3.05, 3.63) is 42.2 Å². The molecule has 0 aliphatic carbocycles. The van der Waals surface area contributed by atoms with Gasteiger partial charge in [-0.2, -0.15) is 5.10 Å². The molecule has 0 radical (unpaired) electrons. The zero-order valence-corrected chi connectivity index (χ0v) is 10.9. The fourth-order valence-electron chi connectivity index (χ4n) is 1.81. The predicted octanol–water partition coefficient (Wildman–Crippen LogP) is 1.59. The van der Waals surface area contributed by atoms with Gasteiger partial charge in [0.2, 0.25) is 0 Å². The normalized spacial score (nSPS) is 11.1. The van der Waals surface area contributed by atoms with Crippen LogP contribution in [0, 0.1) is 0 Å². The van der Waals surface area contributed by atoms with E-state index in [0.717, 1.165) is 25.3 Å². The zero-order chi connectivity index (χ0) is 12.8. The Kier molecular flexibility index (Phi) is 4.41. The van der Waals surface area contributed by atoms with Crippen molar-refractivity contribution in [1.29, 1.82) is 0 Å². The van der Waals surface area contributed by atoms with E-state index in [0.29, 0.717) is 6.04 Å². The van der Waals surface area contributed by atoms with Crippen molar-refractivity contribution in [3.63, 3.8) is 0 Å². The molecule has 0 spiro atoms. The summed E-state index contributed by atoms with van der Waals surface area (Å²) in [5, 5.41) is 7.59. The maximum Gasteiger partial charge on any atom is 0.141 e. The van der Waals surface area contributed by atoms with Crippen molar-refractivity contribution in [2.45, 2.75) is 32.9 Å². The van der Waals surface area contributed by atoms with E-state index in [4.69, 9.17) is 0 Å². The fourth-order valence-corrected chi connectivity index (χ4v) is 1.81. The van der Waals surface area contributed by atoms with Crippen LogP contribution in [0.3, 0.4) is 0 Å². The first-order chi connectivity index (χ1) is 8.77. The molecule has 18 heavy (non-hydrogen) atoms. The Morgan fingerprint density at radius 2 is 2.28 bits per heavy atom. The van der Waals surface area contributed by atoms with Crippen LogP contribution in [0.5, 0.6) is 0 Å². The molecule has 1 N–H and O–H groups in total. The van der Waals surface area contributed by atoms with Crippen molar-refractivity contribution < 1.29 is 0 Å². The van der Waals surface area contributed by atoms with Gasteiger partial charge in [-0.15, -0.1) is 0 Å². The van der Waals surface area contributed by atoms with Gasteiger partial charge in [0.05, 0.1) is 6.54 Å². The highest BCUT2D eigenvalue weighted by atomic mass is 15.3. The molecule has 0 atom stereocenters. The molecule has 0 unspecified atom stereocenters. The van der Waals surface area contributed by atoms with E-state index in [1.54, 1.807) is 12.5 Å². The fraction of sp³-hybridized carbons (Fsp3) is 0.462. The topological polar surface area (TPSA) is 55.6 Å². The van der Waals surface area contributed by atoms with E-state index < -0.39 is 0 Å². The molecule has 0 aliphatic heterocycles. The smallest absolute Gasteiger partial charge is 0.141 e. The van der Waals surface area contributed by atoms with Crippen LogP contribution in [0.1, 0.15) is 31.3 Å². The van der Waals surface area contributed by atoms with Crippen LogP contribution in [0.4, 0.5) is 0 Å². The van der Waals surface area contributed by atoms with Crippen molar-refractivity contribution in [2.75, 3.05) is 6.54 Å². The molecule has 96 valence electrons. The SMILES string of the molecule is CC(C)n1ncnc1CNCCc1cccnc1. The first-order valence-electron chi connectivity index (χ1n) is 6.25. The van der Waals surface area contributed by atoms with Gasteiger partial charge in [-0.1, -0.05) is 6.07 Å². The molecule has 0 amide bonds. The van der Waals surface area contributed by atoms with Gasteiger partial charge >= 0.3 is 0 Å². The second kappa shape index (κ2) is 6.26. The van der Waals surface area contributed by atoms with Crippen LogP contribution < -0.4 is 5.32 Å². The third-order valence-electron chi connectivity index (χ3n) is 2.73. The Morgan fingerprint density at radius 3 is 3.00 bits per heavy atom. The summed E-state index contributed by atoms with van der Waals surface area (Å²) in [5.41, 5.74) is 1.25. The molecular formula is C13H19N5. The van der Waals surface area contributed by atoms with E-state index in [1.807, 2.05) is 16.9 Å². The first-order valence-corrected chi connectivity index (χ1v) is 6.25. The van der Waals surface area contributed by atoms with Gasteiger partial charge in [0, 0.05) is 18.4 Å². The van der Waals surface area contributed by atoms with Crippen molar-refractivity contribution >= 4 is 0 Å². The highest BCUT2D eigenvalue weighted by Gasteiger charge is 2.06. The van der Waals surface area contributed by atoms with Crippen molar-refractivity contribution in [2.24, 2.45) is 0 Å². The lowest BCUT2D eigenvalue weighted by atomic mass is 10.2. The van der Waals surface area contributed by atoms with Crippen LogP contribution in [-0.2, 0) is 13.0 Å². The first kappa shape index (κ1) is 12.7. The lowest BCUT2D eigenvalue weighted by Crippen LogP contribution is -2.20. The summed E-state index contributed by atoms with van der Waals surface area (Å²) in [7, 11) is 0. The van der Waals surface area contributed by atoms with Crippen LogP contribution in [0.25, 0.3) is 0 Å². The second-order valence-electron chi connectivity index (χ2n) is 4.50. The minimum absolute atomic E-state index is 0.350. The molecule has 0 saturated carbocycles. The summed E-state index contributed by atoms with van der Waals surface area (Å²) in [6.07, 6.45) is 6.28. The van der Waals surface area contributed by atoms with E-state index in [9.17, 15) is 0 Å². The quantitative estimate of drug-likeness (QED) is 0.785. The van der Waals surface area contributed by atoms with E-state index in [1.165, 1.54) is 5.56 Å².